The zero-order valence-corrected chi connectivity index (χ0v) is 19.4. The molecule has 1 fully saturated rings. The molecule has 2 aromatic heterocycles. The van der Waals surface area contributed by atoms with Crippen molar-refractivity contribution in [2.45, 2.75) is 51.6 Å². The zero-order valence-electron chi connectivity index (χ0n) is 19.4. The Morgan fingerprint density at radius 1 is 1.26 bits per heavy atom. The first-order chi connectivity index (χ1) is 16.5. The van der Waals surface area contributed by atoms with Gasteiger partial charge in [-0.25, -0.2) is 10.1 Å². The normalized spacial score (nSPS) is 15.3. The van der Waals surface area contributed by atoms with Crippen molar-refractivity contribution in [1.29, 1.82) is 0 Å². The van der Waals surface area contributed by atoms with Crippen molar-refractivity contribution in [2.75, 3.05) is 12.8 Å². The van der Waals surface area contributed by atoms with Gasteiger partial charge in [0.2, 0.25) is 11.6 Å². The fourth-order valence-corrected chi connectivity index (χ4v) is 4.11. The molecule has 34 heavy (non-hydrogen) atoms. The Labute approximate surface area is 197 Å². The monoisotopic (exact) mass is 463 g/mol. The number of aromatic nitrogens is 5. The molecule has 0 saturated heterocycles. The molecular formula is C23H29N9O2. The summed E-state index contributed by atoms with van der Waals surface area (Å²) in [7, 11) is 2.04. The summed E-state index contributed by atoms with van der Waals surface area (Å²) in [6.07, 6.45) is 9.44. The van der Waals surface area contributed by atoms with E-state index in [1.54, 1.807) is 6.21 Å². The molecule has 2 heterocycles. The number of hydrogen-bond donors (Lipinski definition) is 2. The van der Waals surface area contributed by atoms with Crippen molar-refractivity contribution in [2.24, 2.45) is 5.10 Å². The van der Waals surface area contributed by atoms with Gasteiger partial charge in [0.15, 0.2) is 5.69 Å². The quantitative estimate of drug-likeness (QED) is 0.384. The summed E-state index contributed by atoms with van der Waals surface area (Å²) in [6, 6.07) is 10.3. The van der Waals surface area contributed by atoms with E-state index < -0.39 is 5.91 Å². The molecule has 178 valence electrons. The Morgan fingerprint density at radius 3 is 2.74 bits per heavy atom. The van der Waals surface area contributed by atoms with Crippen LogP contribution < -0.4 is 11.2 Å². The van der Waals surface area contributed by atoms with Gasteiger partial charge in [-0.15, -0.1) is 5.10 Å². The first-order valence-corrected chi connectivity index (χ1v) is 11.3. The van der Waals surface area contributed by atoms with E-state index in [0.717, 1.165) is 24.0 Å². The van der Waals surface area contributed by atoms with Crippen LogP contribution in [0.5, 0.6) is 0 Å². The van der Waals surface area contributed by atoms with Crippen LogP contribution in [0.4, 0.5) is 5.82 Å². The third kappa shape index (κ3) is 5.54. The topological polar surface area (TPSA) is 140 Å². The van der Waals surface area contributed by atoms with Gasteiger partial charge in [0, 0.05) is 12.6 Å². The number of benzene rings is 1. The summed E-state index contributed by atoms with van der Waals surface area (Å²) in [5, 5.41) is 19.7. The average Bonchev–Trinajstić information content (AvgIpc) is 3.45. The maximum absolute atomic E-state index is 13.0. The maximum atomic E-state index is 13.0. The number of rotatable bonds is 8. The molecule has 0 radical (unpaired) electrons. The Balaban J connectivity index is 1.53. The number of nitrogens with zero attached hydrogens (tertiary/aromatic N) is 7. The molecule has 3 N–H and O–H groups in total. The van der Waals surface area contributed by atoms with Crippen LogP contribution in [0.1, 0.15) is 60.8 Å². The Hall–Kier alpha value is -3.86. The smallest absolute Gasteiger partial charge is 0.293 e. The molecule has 0 spiro atoms. The third-order valence-corrected chi connectivity index (χ3v) is 5.90. The molecule has 4 rings (SSSR count). The first kappa shape index (κ1) is 23.3. The minimum absolute atomic E-state index is 0.0677. The van der Waals surface area contributed by atoms with Crippen LogP contribution in [-0.2, 0) is 6.54 Å². The SMILES string of the molecule is CC(/C=N\NC(=O)c1nnn(-c2nonc2N)c1CN(C)C1CCCCC1)=C\c1ccccc1. The first-order valence-electron chi connectivity index (χ1n) is 11.3. The van der Waals surface area contributed by atoms with Crippen LogP contribution in [0.3, 0.4) is 0 Å². The number of hydrazone groups is 1. The van der Waals surface area contributed by atoms with Crippen LogP contribution in [0.25, 0.3) is 11.9 Å². The van der Waals surface area contributed by atoms with E-state index in [9.17, 15) is 4.79 Å². The summed E-state index contributed by atoms with van der Waals surface area (Å²) in [6.45, 7) is 2.34. The van der Waals surface area contributed by atoms with Gasteiger partial charge in [-0.3, -0.25) is 9.69 Å². The number of nitrogen functional groups attached to an aromatic ring is 1. The van der Waals surface area contributed by atoms with Gasteiger partial charge in [-0.2, -0.15) is 9.78 Å². The second kappa shape index (κ2) is 10.8. The lowest BCUT2D eigenvalue weighted by atomic mass is 9.94. The summed E-state index contributed by atoms with van der Waals surface area (Å²) < 4.78 is 6.14. The van der Waals surface area contributed by atoms with Crippen LogP contribution in [-0.4, -0.2) is 55.4 Å². The molecule has 1 saturated carbocycles. The van der Waals surface area contributed by atoms with Crippen molar-refractivity contribution in [1.82, 2.24) is 35.6 Å². The molecule has 0 unspecified atom stereocenters. The molecule has 3 aromatic rings. The lowest BCUT2D eigenvalue weighted by molar-refractivity contribution is 0.0947. The highest BCUT2D eigenvalue weighted by Gasteiger charge is 2.27. The van der Waals surface area contributed by atoms with Crippen LogP contribution in [0.15, 0.2) is 45.6 Å². The second-order valence-corrected chi connectivity index (χ2v) is 8.47. The standard InChI is InChI=1S/C23H29N9O2/c1-16(13-17-9-5-3-6-10-17)14-25-27-23(33)20-19(15-31(2)18-11-7-4-8-12-18)32(30-26-20)22-21(24)28-34-29-22/h3,5-6,9-10,13-14,18H,4,7-8,11-12,15H2,1-2H3,(H2,24,28)(H,27,33)/b16-13+,25-14-. The number of hydrogen-bond acceptors (Lipinski definition) is 9. The van der Waals surface area contributed by atoms with Gasteiger partial charge < -0.3 is 5.73 Å². The van der Waals surface area contributed by atoms with E-state index in [4.69, 9.17) is 10.4 Å². The third-order valence-electron chi connectivity index (χ3n) is 5.90. The van der Waals surface area contributed by atoms with Crippen molar-refractivity contribution < 1.29 is 9.42 Å². The molecule has 11 heteroatoms. The highest BCUT2D eigenvalue weighted by molar-refractivity contribution is 5.94. The Bertz CT molecular complexity index is 1160. The Kier molecular flexibility index (Phi) is 7.43. The van der Waals surface area contributed by atoms with Gasteiger partial charge in [-0.05, 0) is 48.3 Å². The van der Waals surface area contributed by atoms with Crippen LogP contribution >= 0.6 is 0 Å². The van der Waals surface area contributed by atoms with E-state index in [2.05, 4.69) is 36.1 Å². The van der Waals surface area contributed by atoms with E-state index in [0.29, 0.717) is 18.3 Å². The highest BCUT2D eigenvalue weighted by Crippen LogP contribution is 2.24. The molecule has 1 aromatic carbocycles. The molecule has 0 aliphatic heterocycles. The highest BCUT2D eigenvalue weighted by atomic mass is 16.6. The summed E-state index contributed by atoms with van der Waals surface area (Å²) in [5.41, 5.74) is 11.0. The molecule has 0 bridgehead atoms. The fourth-order valence-electron chi connectivity index (χ4n) is 4.11. The minimum atomic E-state index is -0.475. The van der Waals surface area contributed by atoms with E-state index in [-0.39, 0.29) is 17.3 Å². The average molecular weight is 464 g/mol. The molecular weight excluding hydrogens is 434 g/mol. The molecule has 1 amide bonds. The predicted molar refractivity (Wildman–Crippen MR) is 128 cm³/mol. The zero-order chi connectivity index (χ0) is 23.9. The molecule has 11 nitrogen and oxygen atoms in total. The molecule has 1 aliphatic rings. The number of carbonyl (C=O) groups is 1. The largest absolute Gasteiger partial charge is 0.378 e. The number of amides is 1. The van der Waals surface area contributed by atoms with Gasteiger partial charge in [0.1, 0.15) is 0 Å². The van der Waals surface area contributed by atoms with Gasteiger partial charge in [-0.1, -0.05) is 60.9 Å². The van der Waals surface area contributed by atoms with Crippen LogP contribution in [0, 0.1) is 0 Å². The van der Waals surface area contributed by atoms with E-state index in [1.807, 2.05) is 50.4 Å². The van der Waals surface area contributed by atoms with Crippen molar-refractivity contribution >= 4 is 24.0 Å². The molecule has 1 aliphatic carbocycles. The summed E-state index contributed by atoms with van der Waals surface area (Å²) >= 11 is 0. The summed E-state index contributed by atoms with van der Waals surface area (Å²) in [5.74, 6) is -0.209. The lowest BCUT2D eigenvalue weighted by Gasteiger charge is -2.31. The fraction of sp³-hybridized carbons (Fsp3) is 0.391. The maximum Gasteiger partial charge on any atom is 0.293 e. The van der Waals surface area contributed by atoms with Crippen molar-refractivity contribution in [3.05, 3.63) is 52.9 Å². The van der Waals surface area contributed by atoms with Gasteiger partial charge >= 0.3 is 0 Å². The number of nitrogens with two attached hydrogens (primary N) is 1. The van der Waals surface area contributed by atoms with Gasteiger partial charge in [0.05, 0.1) is 11.9 Å². The van der Waals surface area contributed by atoms with Crippen molar-refractivity contribution in [3.8, 4) is 5.82 Å². The number of allylic oxidation sites excluding steroid dienone is 1. The van der Waals surface area contributed by atoms with E-state index >= 15 is 0 Å². The Morgan fingerprint density at radius 2 is 2.03 bits per heavy atom. The lowest BCUT2D eigenvalue weighted by Crippen LogP contribution is -2.34. The number of nitrogens with one attached hydrogen (secondary N) is 1. The predicted octanol–water partition coefficient (Wildman–Crippen LogP) is 2.82. The number of carbonyl (C=O) groups excluding carboxylic acids is 1. The second-order valence-electron chi connectivity index (χ2n) is 8.47. The molecule has 0 atom stereocenters. The van der Waals surface area contributed by atoms with Crippen molar-refractivity contribution in [3.63, 3.8) is 0 Å². The summed E-state index contributed by atoms with van der Waals surface area (Å²) in [4.78, 5) is 15.2. The van der Waals surface area contributed by atoms with E-state index in [1.165, 1.54) is 23.9 Å². The van der Waals surface area contributed by atoms with Crippen LogP contribution in [0.2, 0.25) is 0 Å². The number of anilines is 1. The minimum Gasteiger partial charge on any atom is -0.378 e. The van der Waals surface area contributed by atoms with Gasteiger partial charge in [0.25, 0.3) is 5.91 Å².